The van der Waals surface area contributed by atoms with Gasteiger partial charge in [-0.1, -0.05) is 41.6 Å². The zero-order valence-electron chi connectivity index (χ0n) is 32.9. The number of hydrogen-bond acceptors (Lipinski definition) is 8. The molecule has 0 fully saturated rings. The van der Waals surface area contributed by atoms with E-state index in [0.29, 0.717) is 61.3 Å². The normalized spacial score (nSPS) is 12.0. The number of benzene rings is 4. The first-order chi connectivity index (χ1) is 30.5. The Morgan fingerprint density at radius 2 is 0.921 bits per heavy atom. The summed E-state index contributed by atoms with van der Waals surface area (Å²) in [6.07, 6.45) is 8.15. The minimum absolute atomic E-state index is 0.0322. The summed E-state index contributed by atoms with van der Waals surface area (Å²) >= 11 is 0. The average molecular weight is 845 g/mol. The molecule has 0 spiro atoms. The largest absolute Gasteiger partial charge is 0.508 e. The van der Waals surface area contributed by atoms with Gasteiger partial charge in [0.05, 0.1) is 34.9 Å². The molecular formula is C48H32F4N8O3. The van der Waals surface area contributed by atoms with Gasteiger partial charge in [-0.25, -0.2) is 27.5 Å². The van der Waals surface area contributed by atoms with Crippen LogP contribution in [0.4, 0.5) is 23.2 Å². The molecule has 4 aromatic heterocycles. The molecule has 63 heavy (non-hydrogen) atoms. The van der Waals surface area contributed by atoms with Crippen LogP contribution in [-0.2, 0) is 13.6 Å². The molecule has 0 radical (unpaired) electrons. The number of aryl methyl sites for hydroxylation is 1. The molecule has 11 nitrogen and oxygen atoms in total. The number of nitrogens with one attached hydrogen (secondary N) is 3. The van der Waals surface area contributed by atoms with E-state index in [2.05, 4.69) is 25.6 Å². The number of aromatic amines is 2. The van der Waals surface area contributed by atoms with E-state index in [1.165, 1.54) is 47.3 Å². The van der Waals surface area contributed by atoms with Crippen LogP contribution < -0.4 is 5.32 Å². The summed E-state index contributed by atoms with van der Waals surface area (Å²) in [5.74, 6) is -6.75. The lowest BCUT2D eigenvalue weighted by Gasteiger charge is -2.14. The van der Waals surface area contributed by atoms with Crippen LogP contribution in [0.3, 0.4) is 0 Å². The van der Waals surface area contributed by atoms with E-state index >= 15 is 17.6 Å². The summed E-state index contributed by atoms with van der Waals surface area (Å²) in [4.78, 5) is 16.7. The molecule has 0 atom stereocenters. The van der Waals surface area contributed by atoms with Crippen molar-refractivity contribution < 1.29 is 32.9 Å². The Bertz CT molecular complexity index is 3350. The van der Waals surface area contributed by atoms with Gasteiger partial charge in [-0.2, -0.15) is 0 Å². The molecule has 6 heterocycles. The van der Waals surface area contributed by atoms with Crippen molar-refractivity contribution in [1.82, 2.24) is 34.9 Å². The zero-order valence-corrected chi connectivity index (χ0v) is 32.9. The van der Waals surface area contributed by atoms with E-state index in [-0.39, 0.29) is 52.0 Å². The number of rotatable bonds is 7. The fourth-order valence-corrected chi connectivity index (χ4v) is 8.03. The molecule has 0 saturated heterocycles. The summed E-state index contributed by atoms with van der Waals surface area (Å²) in [7, 11) is 1.60. The third kappa shape index (κ3) is 6.90. The predicted octanol–water partition coefficient (Wildman–Crippen LogP) is 10.7. The lowest BCUT2D eigenvalue weighted by atomic mass is 10.0. The van der Waals surface area contributed by atoms with Crippen molar-refractivity contribution in [3.8, 4) is 61.8 Å². The van der Waals surface area contributed by atoms with Crippen LogP contribution in [0.2, 0.25) is 0 Å². The van der Waals surface area contributed by atoms with E-state index < -0.39 is 34.5 Å². The molecule has 10 rings (SSSR count). The standard InChI is InChI=1S/C48H32F4N8O3/c1-60-23-27(58-59-60)22-53-48-46(51)44(49)43(45(50)47(48)52)42-37-17-15-35(56-37)40(25-6-3-9-29(62)20-25)33-13-11-31(54-33)39(24-5-2-8-28(61)19-24)32-12-14-34(55-32)41(36-16-18-38(42)57-36)26-7-4-10-30(63)21-26/h2-21,23,53-54,57,61-63H,22H2,1H3. The fourth-order valence-electron chi connectivity index (χ4n) is 8.03. The van der Waals surface area contributed by atoms with E-state index in [1.54, 1.807) is 79.9 Å². The van der Waals surface area contributed by atoms with Gasteiger partial charge in [0.2, 0.25) is 0 Å². The smallest absolute Gasteiger partial charge is 0.185 e. The van der Waals surface area contributed by atoms with Gasteiger partial charge in [0, 0.05) is 57.6 Å². The summed E-state index contributed by atoms with van der Waals surface area (Å²) < 4.78 is 67.1. The first-order valence-electron chi connectivity index (χ1n) is 19.5. The van der Waals surface area contributed by atoms with Crippen molar-refractivity contribution in [3.05, 3.63) is 155 Å². The van der Waals surface area contributed by atoms with E-state index in [4.69, 9.17) is 9.97 Å². The fraction of sp³-hybridized carbons (Fsp3) is 0.0417. The van der Waals surface area contributed by atoms with Crippen LogP contribution in [0.15, 0.2) is 103 Å². The third-order valence-electron chi connectivity index (χ3n) is 10.8. The number of hydrogen-bond donors (Lipinski definition) is 6. The highest BCUT2D eigenvalue weighted by atomic mass is 19.2. The Balaban J connectivity index is 1.34. The number of anilines is 1. The Morgan fingerprint density at radius 3 is 1.30 bits per heavy atom. The molecule has 2 aliphatic rings. The second-order valence-corrected chi connectivity index (χ2v) is 14.9. The highest BCUT2D eigenvalue weighted by Gasteiger charge is 2.30. The van der Waals surface area contributed by atoms with Crippen molar-refractivity contribution in [2.24, 2.45) is 7.05 Å². The van der Waals surface area contributed by atoms with Crippen molar-refractivity contribution in [1.29, 1.82) is 0 Å². The molecule has 6 N–H and O–H groups in total. The summed E-state index contributed by atoms with van der Waals surface area (Å²) in [6, 6.07) is 26.4. The molecule has 8 aromatic rings. The SMILES string of the molecule is Cn1cc(CNc2c(F)c(F)c(-c3c4nc(c(-c5cccc(O)c5)c5ccc([nH]5)c(-c5cccc(O)c5)c5nc(c(-c6cccc(O)c6)c6ccc3[nH]6)C=C5)C=C4)c(F)c2F)nn1. The highest BCUT2D eigenvalue weighted by molar-refractivity contribution is 6.00. The van der Waals surface area contributed by atoms with Gasteiger partial charge < -0.3 is 30.6 Å². The first-order valence-corrected chi connectivity index (χ1v) is 19.5. The van der Waals surface area contributed by atoms with E-state index in [0.717, 1.165) is 0 Å². The molecule has 4 aromatic carbocycles. The second kappa shape index (κ2) is 15.2. The van der Waals surface area contributed by atoms with Crippen LogP contribution in [0.5, 0.6) is 17.2 Å². The van der Waals surface area contributed by atoms with Gasteiger partial charge >= 0.3 is 0 Å². The Morgan fingerprint density at radius 1 is 0.524 bits per heavy atom. The predicted molar refractivity (Wildman–Crippen MR) is 234 cm³/mol. The van der Waals surface area contributed by atoms with Gasteiger partial charge in [0.15, 0.2) is 23.3 Å². The maximum absolute atomic E-state index is 16.7. The van der Waals surface area contributed by atoms with Gasteiger partial charge in [0.1, 0.15) is 28.6 Å². The van der Waals surface area contributed by atoms with Crippen LogP contribution in [0.1, 0.15) is 28.5 Å². The summed E-state index contributed by atoms with van der Waals surface area (Å²) in [5.41, 5.74) is 3.83. The third-order valence-corrected chi connectivity index (χ3v) is 10.8. The number of H-pyrrole nitrogens is 2. The number of phenolic OH excluding ortho intramolecular Hbond substituents is 3. The number of aromatic nitrogens is 7. The van der Waals surface area contributed by atoms with E-state index in [1.807, 2.05) is 12.1 Å². The Hall–Kier alpha value is -8.46. The maximum Gasteiger partial charge on any atom is 0.185 e. The molecule has 8 bridgehead atoms. The molecule has 0 unspecified atom stereocenters. The minimum Gasteiger partial charge on any atom is -0.508 e. The Kier molecular flexibility index (Phi) is 9.36. The van der Waals surface area contributed by atoms with Gasteiger partial charge in [-0.05, 0) is 102 Å². The average Bonchev–Trinajstić information content (AvgIpc) is 4.13. The van der Waals surface area contributed by atoms with Crippen molar-refractivity contribution in [3.63, 3.8) is 0 Å². The van der Waals surface area contributed by atoms with Gasteiger partial charge in [0.25, 0.3) is 0 Å². The zero-order chi connectivity index (χ0) is 43.5. The van der Waals surface area contributed by atoms with Gasteiger partial charge in [-0.3, -0.25) is 4.68 Å². The minimum atomic E-state index is -1.68. The Labute approximate surface area is 354 Å². The van der Waals surface area contributed by atoms with Crippen molar-refractivity contribution >= 4 is 52.1 Å². The lowest BCUT2D eigenvalue weighted by Crippen LogP contribution is -2.10. The molecule has 0 saturated carbocycles. The van der Waals surface area contributed by atoms with Crippen LogP contribution >= 0.6 is 0 Å². The summed E-state index contributed by atoms with van der Waals surface area (Å²) in [6.45, 7) is -0.281. The molecule has 310 valence electrons. The first kappa shape index (κ1) is 38.7. The number of halogens is 4. The second-order valence-electron chi connectivity index (χ2n) is 14.9. The number of aromatic hydroxyl groups is 3. The van der Waals surface area contributed by atoms with Crippen LogP contribution in [0, 0.1) is 23.3 Å². The summed E-state index contributed by atoms with van der Waals surface area (Å²) in [5, 5.41) is 42.0. The number of fused-ring (bicyclic) bond motifs is 8. The quantitative estimate of drug-likeness (QED) is 0.0683. The van der Waals surface area contributed by atoms with Crippen molar-refractivity contribution in [2.45, 2.75) is 6.54 Å². The number of phenols is 3. The van der Waals surface area contributed by atoms with Gasteiger partial charge in [-0.15, -0.1) is 5.10 Å². The van der Waals surface area contributed by atoms with Crippen LogP contribution in [0.25, 0.3) is 90.9 Å². The van der Waals surface area contributed by atoms with Crippen molar-refractivity contribution in [2.75, 3.05) is 5.32 Å². The van der Waals surface area contributed by atoms with E-state index in [9.17, 15) is 15.3 Å². The molecule has 15 heteroatoms. The maximum atomic E-state index is 16.7. The molecule has 0 amide bonds. The molecule has 0 aliphatic carbocycles. The number of nitrogens with zero attached hydrogens (tertiary/aromatic N) is 5. The highest BCUT2D eigenvalue weighted by Crippen LogP contribution is 2.42. The van der Waals surface area contributed by atoms with Crippen LogP contribution in [-0.4, -0.2) is 50.2 Å². The molecular weight excluding hydrogens is 813 g/mol. The topological polar surface area (TPSA) is 161 Å². The monoisotopic (exact) mass is 844 g/mol. The lowest BCUT2D eigenvalue weighted by molar-refractivity contribution is 0.462. The molecule has 2 aliphatic heterocycles.